The number of carbonyl (C=O) groups is 2. The number of pyridine rings is 2. The van der Waals surface area contributed by atoms with Gasteiger partial charge in [-0.3, -0.25) is 0 Å². The van der Waals surface area contributed by atoms with Crippen molar-refractivity contribution in [3.05, 3.63) is 45.7 Å². The fourth-order valence-corrected chi connectivity index (χ4v) is 2.88. The van der Waals surface area contributed by atoms with Gasteiger partial charge in [-0.25, -0.2) is 19.6 Å². The molecule has 0 atom stereocenters. The van der Waals surface area contributed by atoms with Crippen molar-refractivity contribution in [1.29, 1.82) is 0 Å². The van der Waals surface area contributed by atoms with Gasteiger partial charge in [0, 0.05) is 12.4 Å². The zero-order valence-corrected chi connectivity index (χ0v) is 20.9. The van der Waals surface area contributed by atoms with Gasteiger partial charge in [0.15, 0.2) is 0 Å². The monoisotopic (exact) mass is 538 g/mol. The standard InChI is InChI=1S/C8H10N2O2.C7H7BrN2O2.C3H9B3O3.CH4/c1-5-4-10-7(9)3-6(5)8(11)12-2;1-12-7(11)4-2-6(9)10-3-5(4)8;1-4-7-5(2)9-6(3)8-4;/h3-4H,1-2H3,(H2,9,10);2-3H,1H3,(H2,9,10);1-3H3;1H4. The summed E-state index contributed by atoms with van der Waals surface area (Å²) in [6.45, 7) is 7.35. The molecule has 0 aliphatic carbocycles. The molecule has 0 unspecified atom stereocenters. The lowest BCUT2D eigenvalue weighted by Crippen LogP contribution is -2.44. The average Bonchev–Trinajstić information content (AvgIpc) is 2.76. The molecule has 2 aromatic heterocycles. The SMILES string of the molecule is C.CB1OB(C)OB(C)O1.COC(=O)c1cc(N)ncc1Br.COC(=O)c1cc(N)ncc1C. The number of carbonyl (C=O) groups excluding carboxylic acids is 2. The van der Waals surface area contributed by atoms with Crippen molar-refractivity contribution in [1.82, 2.24) is 9.97 Å². The van der Waals surface area contributed by atoms with Crippen molar-refractivity contribution in [3.63, 3.8) is 0 Å². The van der Waals surface area contributed by atoms with Crippen LogP contribution in [0.15, 0.2) is 29.0 Å². The summed E-state index contributed by atoms with van der Waals surface area (Å²) in [5.41, 5.74) is 12.4. The predicted molar refractivity (Wildman–Crippen MR) is 137 cm³/mol. The molecule has 0 amide bonds. The minimum atomic E-state index is -0.434. The van der Waals surface area contributed by atoms with Crippen LogP contribution in [0.1, 0.15) is 33.7 Å². The van der Waals surface area contributed by atoms with Gasteiger partial charge in [0.1, 0.15) is 11.6 Å². The second kappa shape index (κ2) is 15.3. The molecule has 1 fully saturated rings. The number of aryl methyl sites for hydroxylation is 1. The Balaban J connectivity index is 0.000000479. The number of methoxy groups -OCH3 is 2. The molecule has 15 heteroatoms. The number of halogens is 1. The summed E-state index contributed by atoms with van der Waals surface area (Å²) >= 11 is 3.15. The Morgan fingerprint density at radius 1 is 0.853 bits per heavy atom. The maximum atomic E-state index is 11.1. The van der Waals surface area contributed by atoms with Crippen molar-refractivity contribution in [2.75, 3.05) is 25.7 Å². The second-order valence-corrected chi connectivity index (χ2v) is 7.46. The summed E-state index contributed by atoms with van der Waals surface area (Å²) in [6.07, 6.45) is 3.00. The summed E-state index contributed by atoms with van der Waals surface area (Å²) in [4.78, 5) is 29.7. The number of rotatable bonds is 2. The van der Waals surface area contributed by atoms with Crippen molar-refractivity contribution in [2.24, 2.45) is 0 Å². The van der Waals surface area contributed by atoms with E-state index < -0.39 is 5.97 Å². The summed E-state index contributed by atoms with van der Waals surface area (Å²) in [5, 5.41) is 0. The fraction of sp³-hybridized carbons (Fsp3) is 0.368. The molecule has 0 spiro atoms. The maximum absolute atomic E-state index is 11.1. The van der Waals surface area contributed by atoms with Crippen LogP contribution in [-0.4, -0.2) is 57.5 Å². The fourth-order valence-electron chi connectivity index (χ4n) is 2.50. The number of hydrogen-bond acceptors (Lipinski definition) is 11. The van der Waals surface area contributed by atoms with Crippen molar-refractivity contribution < 1.29 is 32.8 Å². The van der Waals surface area contributed by atoms with Gasteiger partial charge in [0.05, 0.1) is 29.8 Å². The van der Waals surface area contributed by atoms with Crippen LogP contribution in [0.4, 0.5) is 11.6 Å². The van der Waals surface area contributed by atoms with Crippen molar-refractivity contribution in [3.8, 4) is 0 Å². The molecule has 3 heterocycles. The molecule has 0 aromatic carbocycles. The van der Waals surface area contributed by atoms with Crippen LogP contribution < -0.4 is 11.5 Å². The first kappa shape index (κ1) is 31.4. The third-order valence-electron chi connectivity index (χ3n) is 3.96. The van der Waals surface area contributed by atoms with E-state index in [2.05, 4.69) is 35.4 Å². The van der Waals surface area contributed by atoms with Gasteiger partial charge in [-0.15, -0.1) is 0 Å². The third-order valence-corrected chi connectivity index (χ3v) is 4.59. The Kier molecular flexibility index (Phi) is 14.2. The van der Waals surface area contributed by atoms with Crippen molar-refractivity contribution >= 4 is 60.9 Å². The van der Waals surface area contributed by atoms with Gasteiger partial charge in [-0.1, -0.05) is 7.43 Å². The first-order valence-electron chi connectivity index (χ1n) is 9.74. The van der Waals surface area contributed by atoms with Gasteiger partial charge in [-0.2, -0.15) is 0 Å². The van der Waals surface area contributed by atoms with E-state index in [0.29, 0.717) is 27.2 Å². The number of ether oxygens (including phenoxy) is 2. The van der Waals surface area contributed by atoms with E-state index in [-0.39, 0.29) is 34.8 Å². The quantitative estimate of drug-likeness (QED) is 0.427. The highest BCUT2D eigenvalue weighted by Crippen LogP contribution is 2.17. The Hall–Kier alpha value is -2.61. The molecule has 2 aromatic rings. The molecule has 1 aliphatic rings. The highest BCUT2D eigenvalue weighted by molar-refractivity contribution is 9.10. The predicted octanol–water partition coefficient (Wildman–Crippen LogP) is 3.01. The minimum Gasteiger partial charge on any atom is -0.465 e. The molecule has 0 radical (unpaired) electrons. The zero-order chi connectivity index (χ0) is 25.1. The van der Waals surface area contributed by atoms with E-state index in [1.54, 1.807) is 13.1 Å². The van der Waals surface area contributed by atoms with Gasteiger partial charge in [0.25, 0.3) is 0 Å². The molecule has 4 N–H and O–H groups in total. The van der Waals surface area contributed by atoms with Crippen LogP contribution in [0, 0.1) is 6.92 Å². The van der Waals surface area contributed by atoms with E-state index in [9.17, 15) is 9.59 Å². The zero-order valence-electron chi connectivity index (χ0n) is 19.3. The van der Waals surface area contributed by atoms with Crippen LogP contribution in [0.2, 0.25) is 20.5 Å². The molecule has 3 rings (SSSR count). The van der Waals surface area contributed by atoms with Crippen molar-refractivity contribution in [2.45, 2.75) is 34.8 Å². The normalized spacial score (nSPS) is 12.3. The molecule has 184 valence electrons. The van der Waals surface area contributed by atoms with E-state index >= 15 is 0 Å². The molecule has 1 saturated heterocycles. The smallest absolute Gasteiger partial charge is 0.426 e. The summed E-state index contributed by atoms with van der Waals surface area (Å²) < 4.78 is 25.0. The van der Waals surface area contributed by atoms with Crippen LogP contribution in [0.25, 0.3) is 0 Å². The van der Waals surface area contributed by atoms with E-state index in [1.807, 2.05) is 20.5 Å². The second-order valence-electron chi connectivity index (χ2n) is 6.61. The Morgan fingerprint density at radius 3 is 1.68 bits per heavy atom. The van der Waals surface area contributed by atoms with Gasteiger partial charge in [-0.05, 0) is 61.0 Å². The first-order valence-corrected chi connectivity index (χ1v) is 10.5. The van der Waals surface area contributed by atoms with Gasteiger partial charge in [0.2, 0.25) is 0 Å². The van der Waals surface area contributed by atoms with E-state index in [0.717, 1.165) is 5.56 Å². The number of anilines is 2. The lowest BCUT2D eigenvalue weighted by molar-refractivity contribution is 0.0591. The molecule has 1 aliphatic heterocycles. The highest BCUT2D eigenvalue weighted by Gasteiger charge is 2.31. The highest BCUT2D eigenvalue weighted by atomic mass is 79.9. The molecule has 11 nitrogen and oxygen atoms in total. The summed E-state index contributed by atoms with van der Waals surface area (Å²) in [7, 11) is 2.24. The molecular formula is C19H30B3BrN4O7. The molecule has 0 bridgehead atoms. The van der Waals surface area contributed by atoms with E-state index in [1.165, 1.54) is 32.5 Å². The largest absolute Gasteiger partial charge is 0.465 e. The number of esters is 2. The number of nitrogens with two attached hydrogens (primary N) is 2. The minimum absolute atomic E-state index is 0. The first-order chi connectivity index (χ1) is 15.5. The maximum Gasteiger partial charge on any atom is 0.426 e. The van der Waals surface area contributed by atoms with E-state index in [4.69, 9.17) is 25.2 Å². The Bertz CT molecular complexity index is 870. The number of nitrogens with zero attached hydrogens (tertiary/aromatic N) is 2. The van der Waals surface area contributed by atoms with Gasteiger partial charge < -0.3 is 34.7 Å². The van der Waals surface area contributed by atoms with Crippen LogP contribution in [-0.2, 0) is 23.2 Å². The number of aromatic nitrogens is 2. The van der Waals surface area contributed by atoms with Crippen LogP contribution in [0.3, 0.4) is 0 Å². The molecular weight excluding hydrogens is 509 g/mol. The molecule has 34 heavy (non-hydrogen) atoms. The third kappa shape index (κ3) is 10.6. The summed E-state index contributed by atoms with van der Waals surface area (Å²) in [5.74, 6) is -0.211. The number of hydrogen-bond donors (Lipinski definition) is 2. The van der Waals surface area contributed by atoms with Gasteiger partial charge >= 0.3 is 33.3 Å². The average molecular weight is 539 g/mol. The Labute approximate surface area is 209 Å². The van der Waals surface area contributed by atoms with Crippen LogP contribution in [0.5, 0.6) is 0 Å². The number of nitrogen functional groups attached to an aromatic ring is 2. The lowest BCUT2D eigenvalue weighted by Gasteiger charge is -2.25. The summed E-state index contributed by atoms with van der Waals surface area (Å²) in [6, 6.07) is 2.96. The van der Waals surface area contributed by atoms with Crippen LogP contribution >= 0.6 is 15.9 Å². The Morgan fingerprint density at radius 2 is 1.24 bits per heavy atom. The molecule has 0 saturated carbocycles. The topological polar surface area (TPSA) is 158 Å². The lowest BCUT2D eigenvalue weighted by atomic mass is 9.74.